The smallest absolute Gasteiger partial charge is 0.127 e. The molecule has 1 N–H and O–H groups in total. The maximum Gasteiger partial charge on any atom is 0.127 e. The lowest BCUT2D eigenvalue weighted by Gasteiger charge is -2.12. The Labute approximate surface area is 122 Å². The van der Waals surface area contributed by atoms with Crippen molar-refractivity contribution < 1.29 is 14.2 Å². The van der Waals surface area contributed by atoms with E-state index in [1.54, 1.807) is 19.2 Å². The Kier molecular flexibility index (Phi) is 5.12. The highest BCUT2D eigenvalue weighted by molar-refractivity contribution is 6.30. The summed E-state index contributed by atoms with van der Waals surface area (Å²) in [5, 5.41) is 10.5. The largest absolute Gasteiger partial charge is 0.388 e. The molecule has 0 heterocycles. The van der Waals surface area contributed by atoms with Gasteiger partial charge in [0.05, 0.1) is 12.7 Å². The molecule has 0 aromatic heterocycles. The summed E-state index contributed by atoms with van der Waals surface area (Å²) >= 11 is 5.70. The second-order valence-electron chi connectivity index (χ2n) is 4.63. The highest BCUT2D eigenvalue weighted by Gasteiger charge is 2.12. The third kappa shape index (κ3) is 3.79. The lowest BCUT2D eigenvalue weighted by molar-refractivity contribution is 0.176. The van der Waals surface area contributed by atoms with Crippen LogP contribution in [0, 0.1) is 5.82 Å². The van der Waals surface area contributed by atoms with Gasteiger partial charge in [0.15, 0.2) is 0 Å². The Morgan fingerprint density at radius 1 is 1.20 bits per heavy atom. The maximum atomic E-state index is 13.7. The molecule has 2 rings (SSSR count). The van der Waals surface area contributed by atoms with Crippen LogP contribution in [0.25, 0.3) is 0 Å². The van der Waals surface area contributed by atoms with Gasteiger partial charge >= 0.3 is 0 Å². The van der Waals surface area contributed by atoms with E-state index < -0.39 is 11.9 Å². The van der Waals surface area contributed by atoms with Crippen LogP contribution in [0.3, 0.4) is 0 Å². The Morgan fingerprint density at radius 3 is 2.50 bits per heavy atom. The number of methoxy groups -OCH3 is 1. The van der Waals surface area contributed by atoms with Crippen molar-refractivity contribution in [2.45, 2.75) is 19.1 Å². The minimum atomic E-state index is -0.748. The van der Waals surface area contributed by atoms with Gasteiger partial charge in [-0.15, -0.1) is 0 Å². The Balaban J connectivity index is 2.09. The Morgan fingerprint density at radius 2 is 1.90 bits per heavy atom. The van der Waals surface area contributed by atoms with E-state index in [9.17, 15) is 9.50 Å². The topological polar surface area (TPSA) is 29.5 Å². The molecule has 0 aliphatic carbocycles. The van der Waals surface area contributed by atoms with Crippen molar-refractivity contribution in [3.8, 4) is 0 Å². The molecule has 0 fully saturated rings. The maximum absolute atomic E-state index is 13.7. The summed E-state index contributed by atoms with van der Waals surface area (Å²) in [6, 6.07) is 11.9. The van der Waals surface area contributed by atoms with E-state index in [1.165, 1.54) is 6.07 Å². The summed E-state index contributed by atoms with van der Waals surface area (Å²) in [6.45, 7) is 0.530. The van der Waals surface area contributed by atoms with Crippen molar-refractivity contribution in [2.75, 3.05) is 7.11 Å². The molecule has 0 bridgehead atoms. The molecule has 2 nitrogen and oxygen atoms in total. The minimum absolute atomic E-state index is 0.215. The molecule has 0 amide bonds. The molecule has 2 aromatic carbocycles. The molecule has 4 heteroatoms. The number of halogens is 2. The number of benzene rings is 2. The van der Waals surface area contributed by atoms with Gasteiger partial charge in [0.2, 0.25) is 0 Å². The summed E-state index contributed by atoms with van der Waals surface area (Å²) in [5.41, 5.74) is 2.23. The number of hydrogen-bond acceptors (Lipinski definition) is 2. The molecule has 0 aliphatic heterocycles. The zero-order valence-electron chi connectivity index (χ0n) is 11.1. The zero-order valence-corrected chi connectivity index (χ0v) is 11.9. The number of hydrogen-bond donors (Lipinski definition) is 1. The van der Waals surface area contributed by atoms with Crippen LogP contribution >= 0.6 is 11.6 Å². The van der Waals surface area contributed by atoms with Crippen molar-refractivity contribution in [1.82, 2.24) is 0 Å². The van der Waals surface area contributed by atoms with E-state index in [4.69, 9.17) is 16.3 Å². The molecular weight excluding hydrogens is 279 g/mol. The molecule has 2 aromatic rings. The fourth-order valence-electron chi connectivity index (χ4n) is 2.02. The van der Waals surface area contributed by atoms with Gasteiger partial charge in [-0.1, -0.05) is 41.9 Å². The van der Waals surface area contributed by atoms with Gasteiger partial charge in [0.25, 0.3) is 0 Å². The number of rotatable bonds is 5. The van der Waals surface area contributed by atoms with Crippen LogP contribution in [0.2, 0.25) is 5.02 Å². The average Bonchev–Trinajstić information content (AvgIpc) is 2.43. The van der Waals surface area contributed by atoms with Crippen molar-refractivity contribution >= 4 is 11.6 Å². The SMILES string of the molecule is COCc1ccc(C(O)Cc2ccc(Cl)cc2F)cc1. The molecule has 0 aliphatic rings. The van der Waals surface area contributed by atoms with Crippen molar-refractivity contribution in [1.29, 1.82) is 0 Å². The molecule has 1 atom stereocenters. The molecule has 0 saturated heterocycles. The van der Waals surface area contributed by atoms with Crippen LogP contribution in [-0.2, 0) is 17.8 Å². The third-order valence-electron chi connectivity index (χ3n) is 3.10. The third-order valence-corrected chi connectivity index (χ3v) is 3.34. The summed E-state index contributed by atoms with van der Waals surface area (Å²) in [6.07, 6.45) is -0.533. The first-order valence-electron chi connectivity index (χ1n) is 6.30. The second-order valence-corrected chi connectivity index (χ2v) is 5.07. The van der Waals surface area contributed by atoms with Gasteiger partial charge in [-0.25, -0.2) is 4.39 Å². The quantitative estimate of drug-likeness (QED) is 0.906. The normalized spacial score (nSPS) is 12.4. The van der Waals surface area contributed by atoms with Gasteiger partial charge in [-0.2, -0.15) is 0 Å². The highest BCUT2D eigenvalue weighted by atomic mass is 35.5. The van der Waals surface area contributed by atoms with Crippen LogP contribution in [0.4, 0.5) is 4.39 Å². The van der Waals surface area contributed by atoms with Crippen LogP contribution in [-0.4, -0.2) is 12.2 Å². The summed E-state index contributed by atoms with van der Waals surface area (Å²) < 4.78 is 18.7. The van der Waals surface area contributed by atoms with E-state index in [0.717, 1.165) is 11.1 Å². The molecule has 106 valence electrons. The summed E-state index contributed by atoms with van der Waals surface area (Å²) in [7, 11) is 1.63. The van der Waals surface area contributed by atoms with E-state index in [1.807, 2.05) is 24.3 Å². The van der Waals surface area contributed by atoms with Gasteiger partial charge in [-0.05, 0) is 28.8 Å². The number of aliphatic hydroxyl groups excluding tert-OH is 1. The predicted octanol–water partition coefficient (Wildman–Crippen LogP) is 3.90. The zero-order chi connectivity index (χ0) is 14.5. The monoisotopic (exact) mass is 294 g/mol. The lowest BCUT2D eigenvalue weighted by atomic mass is 10.00. The first-order valence-corrected chi connectivity index (χ1v) is 6.67. The van der Waals surface area contributed by atoms with Crippen LogP contribution in [0.1, 0.15) is 22.8 Å². The predicted molar refractivity (Wildman–Crippen MR) is 77.2 cm³/mol. The molecule has 20 heavy (non-hydrogen) atoms. The van der Waals surface area contributed by atoms with E-state index >= 15 is 0 Å². The summed E-state index contributed by atoms with van der Waals surface area (Å²) in [4.78, 5) is 0. The lowest BCUT2D eigenvalue weighted by Crippen LogP contribution is -2.04. The van der Waals surface area contributed by atoms with Crippen LogP contribution in [0.5, 0.6) is 0 Å². The van der Waals surface area contributed by atoms with E-state index in [-0.39, 0.29) is 6.42 Å². The number of ether oxygens (including phenoxy) is 1. The number of aliphatic hydroxyl groups is 1. The van der Waals surface area contributed by atoms with Crippen molar-refractivity contribution in [3.63, 3.8) is 0 Å². The average molecular weight is 295 g/mol. The minimum Gasteiger partial charge on any atom is -0.388 e. The van der Waals surface area contributed by atoms with E-state index in [2.05, 4.69) is 0 Å². The fraction of sp³-hybridized carbons (Fsp3) is 0.250. The Bertz CT molecular complexity index is 569. The van der Waals surface area contributed by atoms with Crippen molar-refractivity contribution in [2.24, 2.45) is 0 Å². The molecule has 0 saturated carbocycles. The fourth-order valence-corrected chi connectivity index (χ4v) is 2.17. The Hall–Kier alpha value is -1.42. The molecular formula is C16H16ClFO2. The van der Waals surface area contributed by atoms with E-state index in [0.29, 0.717) is 17.2 Å². The first-order chi connectivity index (χ1) is 9.60. The first kappa shape index (κ1) is 15.0. The standard InChI is InChI=1S/C16H16ClFO2/c1-20-10-11-2-4-12(5-3-11)16(19)8-13-6-7-14(17)9-15(13)18/h2-7,9,16,19H,8,10H2,1H3. The molecule has 0 spiro atoms. The van der Waals surface area contributed by atoms with Crippen LogP contribution < -0.4 is 0 Å². The second kappa shape index (κ2) is 6.84. The van der Waals surface area contributed by atoms with Crippen LogP contribution in [0.15, 0.2) is 42.5 Å². The molecule has 0 radical (unpaired) electrons. The molecule has 1 unspecified atom stereocenters. The van der Waals surface area contributed by atoms with Gasteiger partial charge in [0.1, 0.15) is 5.82 Å². The summed E-state index contributed by atoms with van der Waals surface area (Å²) in [5.74, 6) is -0.396. The van der Waals surface area contributed by atoms with Crippen molar-refractivity contribution in [3.05, 3.63) is 70.0 Å². The highest BCUT2D eigenvalue weighted by Crippen LogP contribution is 2.22. The van der Waals surface area contributed by atoms with Gasteiger partial charge in [0, 0.05) is 18.6 Å². The van der Waals surface area contributed by atoms with Gasteiger partial charge in [-0.3, -0.25) is 0 Å². The van der Waals surface area contributed by atoms with Gasteiger partial charge < -0.3 is 9.84 Å².